The molecule has 204 valence electrons. The third-order valence-electron chi connectivity index (χ3n) is 9.97. The number of hydrogen-bond donors (Lipinski definition) is 0. The van der Waals surface area contributed by atoms with Crippen LogP contribution in [0.3, 0.4) is 0 Å². The second-order valence-electron chi connectivity index (χ2n) is 13.4. The van der Waals surface area contributed by atoms with Crippen LogP contribution in [0.4, 0.5) is 0 Å². The molecule has 3 heterocycles. The molecule has 0 saturated heterocycles. The van der Waals surface area contributed by atoms with Crippen LogP contribution in [-0.2, 0) is 0 Å². The van der Waals surface area contributed by atoms with E-state index >= 15 is 0 Å². The van der Waals surface area contributed by atoms with Crippen molar-refractivity contribution in [1.82, 2.24) is 0 Å². The van der Waals surface area contributed by atoms with Crippen molar-refractivity contribution >= 4 is 62.1 Å². The minimum absolute atomic E-state index is 0.624. The zero-order valence-electron chi connectivity index (χ0n) is 24.7. The monoisotopic (exact) mass is 550 g/mol. The lowest BCUT2D eigenvalue weighted by Gasteiger charge is -2.27. The molecule has 2 nitrogen and oxygen atoms in total. The summed E-state index contributed by atoms with van der Waals surface area (Å²) in [5.74, 6) is 0.624. The molecular formula is C38H38N2Si. The molecule has 0 aliphatic heterocycles. The van der Waals surface area contributed by atoms with Crippen molar-refractivity contribution in [3.63, 3.8) is 0 Å². The summed E-state index contributed by atoms with van der Waals surface area (Å²) < 4.78 is 4.71. The fourth-order valence-electron chi connectivity index (χ4n) is 8.02. The maximum absolute atomic E-state index is 4.60. The van der Waals surface area contributed by atoms with Crippen molar-refractivity contribution < 1.29 is 8.64 Å². The third kappa shape index (κ3) is 3.48. The van der Waals surface area contributed by atoms with Crippen LogP contribution >= 0.6 is 0 Å². The Hall–Kier alpha value is -3.82. The van der Waals surface area contributed by atoms with Gasteiger partial charge >= 0.3 is 0 Å². The maximum Gasteiger partial charge on any atom is 0.166 e. The van der Waals surface area contributed by atoms with Gasteiger partial charge in [-0.2, -0.15) is 0 Å². The molecule has 4 aromatic carbocycles. The van der Waals surface area contributed by atoms with Gasteiger partial charge in [0.2, 0.25) is 0 Å². The molecule has 1 saturated carbocycles. The van der Waals surface area contributed by atoms with E-state index in [0.29, 0.717) is 5.92 Å². The molecule has 1 aliphatic carbocycles. The minimum atomic E-state index is -1.59. The predicted octanol–water partition coefficient (Wildman–Crippen LogP) is 8.69. The number of pyridine rings is 1. The van der Waals surface area contributed by atoms with E-state index in [1.165, 1.54) is 103 Å². The lowest BCUT2D eigenvalue weighted by atomic mass is 9.80. The van der Waals surface area contributed by atoms with Crippen LogP contribution in [0.2, 0.25) is 19.6 Å². The van der Waals surface area contributed by atoms with Crippen LogP contribution in [0.1, 0.15) is 49.1 Å². The summed E-state index contributed by atoms with van der Waals surface area (Å²) in [6, 6.07) is 27.8. The molecular weight excluding hydrogens is 513 g/mol. The first-order chi connectivity index (χ1) is 19.8. The number of fused-ring (bicyclic) bond motifs is 7. The quantitative estimate of drug-likeness (QED) is 0.118. The molecule has 1 fully saturated rings. The summed E-state index contributed by atoms with van der Waals surface area (Å²) in [5.41, 5.74) is 9.36. The molecule has 41 heavy (non-hydrogen) atoms. The van der Waals surface area contributed by atoms with E-state index in [0.717, 1.165) is 0 Å². The fraction of sp³-hybridized carbons (Fsp3) is 0.263. The third-order valence-corrected chi connectivity index (χ3v) is 12.0. The number of benzene rings is 4. The summed E-state index contributed by atoms with van der Waals surface area (Å²) in [6.45, 7) is 14.3. The van der Waals surface area contributed by atoms with E-state index in [1.54, 1.807) is 5.19 Å². The molecule has 3 heteroatoms. The first-order valence-electron chi connectivity index (χ1n) is 15.3. The normalized spacial score (nSPS) is 15.3. The van der Waals surface area contributed by atoms with Gasteiger partial charge in [-0.05, 0) is 41.0 Å². The Balaban J connectivity index is 1.56. The van der Waals surface area contributed by atoms with Crippen molar-refractivity contribution in [2.75, 3.05) is 0 Å². The lowest BCUT2D eigenvalue weighted by Crippen LogP contribution is -2.38. The smallest absolute Gasteiger partial charge is 0.166 e. The van der Waals surface area contributed by atoms with Crippen LogP contribution in [0.15, 0.2) is 79.0 Å². The van der Waals surface area contributed by atoms with E-state index in [2.05, 4.69) is 121 Å². The van der Waals surface area contributed by atoms with Gasteiger partial charge in [-0.15, -0.1) is 11.6 Å². The van der Waals surface area contributed by atoms with E-state index in [4.69, 9.17) is 0 Å². The van der Waals surface area contributed by atoms with Gasteiger partial charge in [-0.3, -0.25) is 4.24 Å². The number of nitrogens with zero attached hydrogens (tertiary/aromatic N) is 2. The number of aryl methyl sites for hydroxylation is 1. The number of rotatable bonds is 3. The first kappa shape index (κ1) is 24.9. The van der Waals surface area contributed by atoms with E-state index in [1.807, 2.05) is 0 Å². The van der Waals surface area contributed by atoms with Gasteiger partial charge in [0.25, 0.3) is 0 Å². The van der Waals surface area contributed by atoms with Gasteiger partial charge in [0, 0.05) is 10.8 Å². The first-order valence-corrected chi connectivity index (χ1v) is 18.8. The summed E-state index contributed by atoms with van der Waals surface area (Å²) in [6.07, 6.45) is 8.79. The highest BCUT2D eigenvalue weighted by atomic mass is 28.3. The Kier molecular flexibility index (Phi) is 5.37. The zero-order valence-corrected chi connectivity index (χ0v) is 25.7. The Morgan fingerprint density at radius 3 is 2.27 bits per heavy atom. The van der Waals surface area contributed by atoms with Crippen molar-refractivity contribution in [3.05, 3.63) is 96.8 Å². The molecule has 3 aromatic heterocycles. The summed E-state index contributed by atoms with van der Waals surface area (Å²) in [4.78, 5) is 0. The topological polar surface area (TPSA) is 10.0 Å². The van der Waals surface area contributed by atoms with Gasteiger partial charge in [-0.25, -0.2) is 4.40 Å². The summed E-state index contributed by atoms with van der Waals surface area (Å²) >= 11 is 0. The molecule has 7 aromatic rings. The SMILES string of the molecule is C=[n+]1ccc2c3ccc([Si](C)(C)C)c4c5ccccc5[n+](c34)[c-]2[c-]1-c1cc(C2CCCCC2)c2ccccc2c1C. The Bertz CT molecular complexity index is 2200. The molecule has 0 spiro atoms. The maximum atomic E-state index is 4.60. The van der Waals surface area contributed by atoms with E-state index in [9.17, 15) is 0 Å². The molecule has 0 amide bonds. The highest BCUT2D eigenvalue weighted by molar-refractivity contribution is 6.90. The molecule has 0 N–H and O–H groups in total. The van der Waals surface area contributed by atoms with E-state index in [-0.39, 0.29) is 0 Å². The average Bonchev–Trinajstić information content (AvgIpc) is 3.50. The van der Waals surface area contributed by atoms with Crippen LogP contribution in [-0.4, -0.2) is 8.07 Å². The largest absolute Gasteiger partial charge is 0.266 e. The zero-order chi connectivity index (χ0) is 28.0. The summed E-state index contributed by atoms with van der Waals surface area (Å²) in [5, 5.41) is 9.84. The predicted molar refractivity (Wildman–Crippen MR) is 176 cm³/mol. The van der Waals surface area contributed by atoms with Gasteiger partial charge in [0.15, 0.2) is 16.7 Å². The number of aromatic nitrogens is 2. The second-order valence-corrected chi connectivity index (χ2v) is 18.4. The van der Waals surface area contributed by atoms with E-state index < -0.39 is 8.07 Å². The Morgan fingerprint density at radius 2 is 1.51 bits per heavy atom. The Morgan fingerprint density at radius 1 is 0.805 bits per heavy atom. The molecule has 1 aliphatic rings. The van der Waals surface area contributed by atoms with Crippen molar-refractivity contribution in [1.29, 1.82) is 0 Å². The van der Waals surface area contributed by atoms with Gasteiger partial charge in [0.05, 0.1) is 21.0 Å². The van der Waals surface area contributed by atoms with Crippen LogP contribution in [0.25, 0.3) is 60.1 Å². The molecule has 0 atom stereocenters. The highest BCUT2D eigenvalue weighted by Gasteiger charge is 2.29. The minimum Gasteiger partial charge on any atom is -0.266 e. The molecule has 8 rings (SSSR count). The van der Waals surface area contributed by atoms with Gasteiger partial charge in [-0.1, -0.05) is 128 Å². The molecule has 0 bridgehead atoms. The fourth-order valence-corrected chi connectivity index (χ4v) is 9.61. The molecule has 0 radical (unpaired) electrons. The van der Waals surface area contributed by atoms with Crippen LogP contribution in [0, 0.1) is 13.6 Å². The lowest BCUT2D eigenvalue weighted by molar-refractivity contribution is -0.497. The summed E-state index contributed by atoms with van der Waals surface area (Å²) in [7, 11) is -1.59. The standard InChI is InChI=1S/C38H38N2Si/c1-24-26-15-9-10-16-27(26)32(25-13-7-6-8-14-25)23-31(24)37-38-29(21-22-39(37)2)28-19-20-34(41(3,4)5)35-30-17-11-12-18-33(30)40(38)36(28)35/h9-12,15-23,25H,2,6-8,13-14H2,1,3-5H3. The van der Waals surface area contributed by atoms with Crippen LogP contribution in [0.5, 0.6) is 0 Å². The van der Waals surface area contributed by atoms with Crippen molar-refractivity contribution in [3.8, 4) is 11.3 Å². The number of hydrogen-bond acceptors (Lipinski definition) is 0. The van der Waals surface area contributed by atoms with Crippen molar-refractivity contribution in [2.45, 2.75) is 64.6 Å². The molecule has 0 unspecified atom stereocenters. The average molecular weight is 551 g/mol. The van der Waals surface area contributed by atoms with Crippen molar-refractivity contribution in [2.24, 2.45) is 0 Å². The second kappa shape index (κ2) is 8.84. The van der Waals surface area contributed by atoms with Gasteiger partial charge in [0.1, 0.15) is 5.52 Å². The van der Waals surface area contributed by atoms with Crippen LogP contribution < -0.4 is 13.8 Å². The van der Waals surface area contributed by atoms with Gasteiger partial charge < -0.3 is 0 Å². The number of para-hydroxylation sites is 1. The highest BCUT2D eigenvalue weighted by Crippen LogP contribution is 2.42. The Labute approximate surface area is 242 Å².